The van der Waals surface area contributed by atoms with Crippen molar-refractivity contribution >= 4 is 27.9 Å². The predicted molar refractivity (Wildman–Crippen MR) is 166 cm³/mol. The molecule has 0 bridgehead atoms. The number of ether oxygens (including phenoxy) is 1. The summed E-state index contributed by atoms with van der Waals surface area (Å²) in [4.78, 5) is 18.0. The van der Waals surface area contributed by atoms with Crippen molar-refractivity contribution in [3.8, 4) is 16.9 Å². The van der Waals surface area contributed by atoms with Gasteiger partial charge in [0, 0.05) is 28.1 Å². The number of aromatic amines is 1. The summed E-state index contributed by atoms with van der Waals surface area (Å²) in [7, 11) is -1.74. The maximum atomic E-state index is 12.7. The fraction of sp³-hybridized carbons (Fsp3) is 0.406. The summed E-state index contributed by atoms with van der Waals surface area (Å²) < 4.78 is 33.7. The van der Waals surface area contributed by atoms with Crippen LogP contribution in [0.4, 0.5) is 5.69 Å². The Morgan fingerprint density at radius 2 is 1.73 bits per heavy atom. The number of anilines is 1. The normalized spacial score (nSPS) is 14.6. The molecule has 40 heavy (non-hydrogen) atoms. The minimum Gasteiger partial charge on any atom is -0.496 e. The highest BCUT2D eigenvalue weighted by molar-refractivity contribution is 7.92. The summed E-state index contributed by atoms with van der Waals surface area (Å²) in [5.41, 5.74) is 5.21. The molecule has 2 N–H and O–H groups in total. The molecule has 8 heteroatoms. The predicted octanol–water partition coefficient (Wildman–Crippen LogP) is 6.05. The maximum Gasteiger partial charge on any atom is 0.256 e. The quantitative estimate of drug-likeness (QED) is 0.293. The second kappa shape index (κ2) is 12.4. The van der Waals surface area contributed by atoms with Crippen LogP contribution in [0.15, 0.2) is 53.3 Å². The molecule has 214 valence electrons. The SMILES string of the molecule is COc1c(C=Cc2ccc(NS(=O)(=O)CCCN3CCCC3)cc2)cc(-c2ccc(C)[nH]c2=O)cc1C(C)(C)C. The first kappa shape index (κ1) is 29.6. The molecule has 1 aliphatic heterocycles. The number of hydrogen-bond donors (Lipinski definition) is 2. The molecule has 7 nitrogen and oxygen atoms in total. The Morgan fingerprint density at radius 1 is 1.02 bits per heavy atom. The highest BCUT2D eigenvalue weighted by Crippen LogP contribution is 2.38. The average molecular weight is 564 g/mol. The number of H-pyrrole nitrogens is 1. The third-order valence-electron chi connectivity index (χ3n) is 7.22. The van der Waals surface area contributed by atoms with Crippen LogP contribution in [0, 0.1) is 6.92 Å². The lowest BCUT2D eigenvalue weighted by molar-refractivity contribution is 0.340. The molecule has 1 aliphatic rings. The molecule has 0 radical (unpaired) electrons. The summed E-state index contributed by atoms with van der Waals surface area (Å²) in [6.07, 6.45) is 6.96. The molecule has 0 atom stereocenters. The van der Waals surface area contributed by atoms with Crippen LogP contribution >= 0.6 is 0 Å². The first-order chi connectivity index (χ1) is 18.9. The van der Waals surface area contributed by atoms with E-state index < -0.39 is 10.0 Å². The van der Waals surface area contributed by atoms with E-state index in [-0.39, 0.29) is 16.7 Å². The smallest absolute Gasteiger partial charge is 0.256 e. The van der Waals surface area contributed by atoms with Crippen LogP contribution in [-0.2, 0) is 15.4 Å². The van der Waals surface area contributed by atoms with Gasteiger partial charge in [-0.15, -0.1) is 0 Å². The highest BCUT2D eigenvalue weighted by atomic mass is 32.2. The molecule has 1 saturated heterocycles. The van der Waals surface area contributed by atoms with E-state index in [0.29, 0.717) is 17.7 Å². The van der Waals surface area contributed by atoms with Crippen LogP contribution in [0.25, 0.3) is 23.3 Å². The number of sulfonamides is 1. The average Bonchev–Trinajstić information content (AvgIpc) is 3.40. The maximum absolute atomic E-state index is 12.7. The van der Waals surface area contributed by atoms with Crippen molar-refractivity contribution in [2.75, 3.05) is 37.2 Å². The fourth-order valence-corrected chi connectivity index (χ4v) is 6.18. The zero-order chi connectivity index (χ0) is 28.9. The van der Waals surface area contributed by atoms with Crippen molar-refractivity contribution in [3.05, 3.63) is 81.3 Å². The zero-order valence-corrected chi connectivity index (χ0v) is 25.0. The van der Waals surface area contributed by atoms with E-state index in [1.807, 2.05) is 55.5 Å². The topological polar surface area (TPSA) is 91.5 Å². The molecule has 0 amide bonds. The minimum absolute atomic E-state index is 0.112. The number of aryl methyl sites for hydroxylation is 1. The van der Waals surface area contributed by atoms with Gasteiger partial charge in [0.25, 0.3) is 5.56 Å². The summed E-state index contributed by atoms with van der Waals surface area (Å²) in [6, 6.07) is 15.1. The Labute approximate surface area is 238 Å². The number of likely N-dealkylation sites (tertiary alicyclic amines) is 1. The summed E-state index contributed by atoms with van der Waals surface area (Å²) in [5.74, 6) is 0.871. The molecule has 2 aromatic carbocycles. The van der Waals surface area contributed by atoms with Gasteiger partial charge in [-0.25, -0.2) is 8.42 Å². The lowest BCUT2D eigenvalue weighted by Crippen LogP contribution is -2.24. The van der Waals surface area contributed by atoms with Gasteiger partial charge >= 0.3 is 0 Å². The van der Waals surface area contributed by atoms with Crippen LogP contribution in [-0.4, -0.2) is 50.8 Å². The van der Waals surface area contributed by atoms with Crippen molar-refractivity contribution in [2.24, 2.45) is 0 Å². The summed E-state index contributed by atoms with van der Waals surface area (Å²) in [5, 5.41) is 0. The van der Waals surface area contributed by atoms with Gasteiger partial charge in [-0.1, -0.05) is 45.1 Å². The first-order valence-electron chi connectivity index (χ1n) is 13.9. The number of aromatic nitrogens is 1. The molecule has 2 heterocycles. The van der Waals surface area contributed by atoms with Crippen LogP contribution < -0.4 is 15.0 Å². The Hall–Kier alpha value is -3.36. The summed E-state index contributed by atoms with van der Waals surface area (Å²) in [6.45, 7) is 11.2. The third kappa shape index (κ3) is 7.64. The number of methoxy groups -OCH3 is 1. The number of benzene rings is 2. The standard InChI is InChI=1S/C32H41N3O4S/c1-23-9-16-28(31(36)33-23)26-21-25(30(39-5)29(22-26)32(2,3)4)13-10-24-11-14-27(15-12-24)34-40(37,38)20-8-19-35-17-6-7-18-35/h9-16,21-22,34H,6-8,17-20H2,1-5H3,(H,33,36). The van der Waals surface area contributed by atoms with E-state index in [4.69, 9.17) is 4.74 Å². The lowest BCUT2D eigenvalue weighted by atomic mass is 9.83. The number of nitrogens with zero attached hydrogens (tertiary/aromatic N) is 1. The van der Waals surface area contributed by atoms with Crippen LogP contribution in [0.5, 0.6) is 5.75 Å². The van der Waals surface area contributed by atoms with Gasteiger partial charge in [-0.3, -0.25) is 9.52 Å². The van der Waals surface area contributed by atoms with Crippen molar-refractivity contribution in [2.45, 2.75) is 52.4 Å². The van der Waals surface area contributed by atoms with Gasteiger partial charge in [0.15, 0.2) is 0 Å². The third-order valence-corrected chi connectivity index (χ3v) is 8.59. The zero-order valence-electron chi connectivity index (χ0n) is 24.2. The first-order valence-corrected chi connectivity index (χ1v) is 15.5. The highest BCUT2D eigenvalue weighted by Gasteiger charge is 2.23. The van der Waals surface area contributed by atoms with Crippen LogP contribution in [0.3, 0.4) is 0 Å². The van der Waals surface area contributed by atoms with Gasteiger partial charge in [0.05, 0.1) is 12.9 Å². The van der Waals surface area contributed by atoms with E-state index >= 15 is 0 Å². The van der Waals surface area contributed by atoms with Gasteiger partial charge in [0.1, 0.15) is 5.75 Å². The van der Waals surface area contributed by atoms with Gasteiger partial charge in [0.2, 0.25) is 10.0 Å². The molecule has 0 aliphatic carbocycles. The lowest BCUT2D eigenvalue weighted by Gasteiger charge is -2.24. The Balaban J connectivity index is 1.54. The molecule has 4 rings (SSSR count). The van der Waals surface area contributed by atoms with Crippen molar-refractivity contribution < 1.29 is 13.2 Å². The van der Waals surface area contributed by atoms with Crippen LogP contribution in [0.2, 0.25) is 0 Å². The summed E-state index contributed by atoms with van der Waals surface area (Å²) >= 11 is 0. The number of hydrogen-bond acceptors (Lipinski definition) is 5. The molecule has 0 saturated carbocycles. The second-order valence-electron chi connectivity index (χ2n) is 11.6. The molecule has 1 fully saturated rings. The van der Waals surface area contributed by atoms with E-state index in [1.54, 1.807) is 19.2 Å². The van der Waals surface area contributed by atoms with Crippen LogP contribution in [0.1, 0.15) is 62.4 Å². The van der Waals surface area contributed by atoms with Gasteiger partial charge < -0.3 is 14.6 Å². The number of nitrogens with one attached hydrogen (secondary N) is 2. The monoisotopic (exact) mass is 563 g/mol. The Bertz CT molecular complexity index is 1510. The van der Waals surface area contributed by atoms with E-state index in [1.165, 1.54) is 12.8 Å². The van der Waals surface area contributed by atoms with Gasteiger partial charge in [-0.05, 0) is 98.8 Å². The Kier molecular flexibility index (Phi) is 9.21. The molecular formula is C32H41N3O4S. The second-order valence-corrected chi connectivity index (χ2v) is 13.4. The number of pyridine rings is 1. The molecule has 0 unspecified atom stereocenters. The van der Waals surface area contributed by atoms with E-state index in [9.17, 15) is 13.2 Å². The largest absolute Gasteiger partial charge is 0.496 e. The Morgan fingerprint density at radius 3 is 2.35 bits per heavy atom. The molecule has 3 aromatic rings. The van der Waals surface area contributed by atoms with E-state index in [2.05, 4.69) is 35.4 Å². The molecule has 0 spiro atoms. The van der Waals surface area contributed by atoms with Gasteiger partial charge in [-0.2, -0.15) is 0 Å². The van der Waals surface area contributed by atoms with Crippen molar-refractivity contribution in [1.82, 2.24) is 9.88 Å². The van der Waals surface area contributed by atoms with Crippen molar-refractivity contribution in [3.63, 3.8) is 0 Å². The molecule has 1 aromatic heterocycles. The minimum atomic E-state index is -3.40. The molecular weight excluding hydrogens is 522 g/mol. The van der Waals surface area contributed by atoms with Crippen molar-refractivity contribution in [1.29, 1.82) is 0 Å². The fourth-order valence-electron chi connectivity index (χ4n) is 5.08. The number of rotatable bonds is 10. The van der Waals surface area contributed by atoms with E-state index in [0.717, 1.165) is 53.3 Å².